The number of hydrogen-bond donors (Lipinski definition) is 2. The van der Waals surface area contributed by atoms with Crippen LogP contribution in [-0.2, 0) is 6.18 Å². The van der Waals surface area contributed by atoms with Gasteiger partial charge in [0.1, 0.15) is 0 Å². The topological polar surface area (TPSA) is 62.0 Å². The summed E-state index contributed by atoms with van der Waals surface area (Å²) in [6.07, 6.45) is -4.44. The van der Waals surface area contributed by atoms with E-state index in [4.69, 9.17) is 0 Å². The molecule has 2 N–H and O–H groups in total. The first-order valence-corrected chi connectivity index (χ1v) is 7.26. The Morgan fingerprint density at radius 3 is 2.43 bits per heavy atom. The van der Waals surface area contributed by atoms with Crippen LogP contribution in [-0.4, -0.2) is 10.9 Å². The Balaban J connectivity index is 1.81. The van der Waals surface area contributed by atoms with Crippen molar-refractivity contribution in [2.45, 2.75) is 6.18 Å². The molecule has 1 heterocycles. The third-order valence-electron chi connectivity index (χ3n) is 3.15. The molecule has 23 heavy (non-hydrogen) atoms. The molecular weight excluding hydrogens is 329 g/mol. The first kappa shape index (κ1) is 15.3. The molecule has 1 aromatic heterocycles. The van der Waals surface area contributed by atoms with Crippen molar-refractivity contribution in [3.05, 3.63) is 63.3 Å². The van der Waals surface area contributed by atoms with Crippen LogP contribution in [0.4, 0.5) is 18.9 Å². The van der Waals surface area contributed by atoms with Crippen molar-refractivity contribution in [1.82, 2.24) is 4.98 Å². The number of nitrogens with one attached hydrogen (secondary N) is 2. The summed E-state index contributed by atoms with van der Waals surface area (Å²) in [5.41, 5.74) is 0.415. The number of H-pyrrole nitrogens is 1. The lowest BCUT2D eigenvalue weighted by Crippen LogP contribution is -2.12. The third-order valence-corrected chi connectivity index (χ3v) is 4.00. The number of aromatic amines is 1. The van der Waals surface area contributed by atoms with Gasteiger partial charge in [-0.05, 0) is 42.5 Å². The number of fused-ring (bicyclic) bond motifs is 1. The van der Waals surface area contributed by atoms with Crippen molar-refractivity contribution in [1.29, 1.82) is 0 Å². The summed E-state index contributed by atoms with van der Waals surface area (Å²) in [7, 11) is 0. The summed E-state index contributed by atoms with van der Waals surface area (Å²) in [6, 6.07) is 8.82. The van der Waals surface area contributed by atoms with Gasteiger partial charge in [-0.25, -0.2) is 0 Å². The highest BCUT2D eigenvalue weighted by Gasteiger charge is 2.30. The molecule has 0 bridgehead atoms. The zero-order valence-electron chi connectivity index (χ0n) is 11.4. The third kappa shape index (κ3) is 3.26. The second-order valence-corrected chi connectivity index (χ2v) is 5.77. The van der Waals surface area contributed by atoms with Crippen molar-refractivity contribution < 1.29 is 18.0 Å². The Morgan fingerprint density at radius 2 is 1.78 bits per heavy atom. The molecule has 0 atom stereocenters. The van der Waals surface area contributed by atoms with Gasteiger partial charge >= 0.3 is 11.0 Å². The van der Waals surface area contributed by atoms with Gasteiger partial charge in [0.15, 0.2) is 0 Å². The van der Waals surface area contributed by atoms with Crippen molar-refractivity contribution in [2.24, 2.45) is 0 Å². The highest BCUT2D eigenvalue weighted by molar-refractivity contribution is 7.16. The van der Waals surface area contributed by atoms with Crippen LogP contribution in [0.1, 0.15) is 15.9 Å². The zero-order chi connectivity index (χ0) is 16.6. The van der Waals surface area contributed by atoms with E-state index in [9.17, 15) is 22.8 Å². The van der Waals surface area contributed by atoms with Crippen LogP contribution in [0.5, 0.6) is 0 Å². The maximum absolute atomic E-state index is 12.5. The second kappa shape index (κ2) is 5.54. The summed E-state index contributed by atoms with van der Waals surface area (Å²) in [5, 5.41) is 2.59. The Kier molecular flexibility index (Phi) is 3.69. The van der Waals surface area contributed by atoms with Crippen molar-refractivity contribution in [3.63, 3.8) is 0 Å². The number of amides is 1. The molecule has 0 saturated carbocycles. The molecule has 0 aliphatic carbocycles. The molecule has 3 aromatic rings. The molecule has 118 valence electrons. The number of aromatic nitrogens is 1. The maximum Gasteiger partial charge on any atom is 0.416 e. The average Bonchev–Trinajstić information content (AvgIpc) is 2.86. The highest BCUT2D eigenvalue weighted by atomic mass is 32.1. The monoisotopic (exact) mass is 338 g/mol. The molecule has 0 aliphatic rings. The first-order chi connectivity index (χ1) is 10.8. The molecule has 0 saturated heterocycles. The number of anilines is 1. The Labute approximate surface area is 131 Å². The van der Waals surface area contributed by atoms with E-state index in [0.29, 0.717) is 15.9 Å². The summed E-state index contributed by atoms with van der Waals surface area (Å²) >= 11 is 1.01. The summed E-state index contributed by atoms with van der Waals surface area (Å²) in [5.74, 6) is -0.527. The SMILES string of the molecule is O=C(Nc1ccc2[nH]c(=O)sc2c1)c1ccc(C(F)(F)F)cc1. The van der Waals surface area contributed by atoms with Gasteiger partial charge in [-0.1, -0.05) is 11.3 Å². The molecule has 0 radical (unpaired) electrons. The normalized spacial score (nSPS) is 11.6. The van der Waals surface area contributed by atoms with Gasteiger partial charge in [-0.2, -0.15) is 13.2 Å². The molecule has 1 amide bonds. The molecule has 0 spiro atoms. The molecule has 3 rings (SSSR count). The van der Waals surface area contributed by atoms with Gasteiger partial charge in [0.05, 0.1) is 15.8 Å². The minimum absolute atomic E-state index is 0.111. The van der Waals surface area contributed by atoms with Gasteiger partial charge in [0, 0.05) is 11.3 Å². The van der Waals surface area contributed by atoms with Crippen LogP contribution in [0, 0.1) is 0 Å². The zero-order valence-corrected chi connectivity index (χ0v) is 12.2. The number of carbonyl (C=O) groups is 1. The number of carbonyl (C=O) groups excluding carboxylic acids is 1. The number of benzene rings is 2. The van der Waals surface area contributed by atoms with E-state index in [-0.39, 0.29) is 10.4 Å². The van der Waals surface area contributed by atoms with Crippen LogP contribution in [0.15, 0.2) is 47.3 Å². The number of thiazole rings is 1. The van der Waals surface area contributed by atoms with Gasteiger partial charge in [-0.15, -0.1) is 0 Å². The van der Waals surface area contributed by atoms with Crippen LogP contribution >= 0.6 is 11.3 Å². The van der Waals surface area contributed by atoms with Gasteiger partial charge < -0.3 is 10.3 Å². The summed E-state index contributed by atoms with van der Waals surface area (Å²) in [6.45, 7) is 0. The molecule has 2 aromatic carbocycles. The predicted molar refractivity (Wildman–Crippen MR) is 81.8 cm³/mol. The molecule has 0 fully saturated rings. The molecule has 0 aliphatic heterocycles. The van der Waals surface area contributed by atoms with Gasteiger partial charge in [-0.3, -0.25) is 9.59 Å². The number of rotatable bonds is 2. The largest absolute Gasteiger partial charge is 0.416 e. The summed E-state index contributed by atoms with van der Waals surface area (Å²) < 4.78 is 38.2. The lowest BCUT2D eigenvalue weighted by molar-refractivity contribution is -0.137. The first-order valence-electron chi connectivity index (χ1n) is 6.44. The van der Waals surface area contributed by atoms with Crippen molar-refractivity contribution in [2.75, 3.05) is 5.32 Å². The maximum atomic E-state index is 12.5. The van der Waals surface area contributed by atoms with E-state index in [0.717, 1.165) is 35.6 Å². The Morgan fingerprint density at radius 1 is 1.09 bits per heavy atom. The molecule has 0 unspecified atom stereocenters. The average molecular weight is 338 g/mol. The number of alkyl halides is 3. The quantitative estimate of drug-likeness (QED) is 0.745. The van der Waals surface area contributed by atoms with Crippen molar-refractivity contribution >= 4 is 33.1 Å². The summed E-state index contributed by atoms with van der Waals surface area (Å²) in [4.78, 5) is 25.7. The lowest BCUT2D eigenvalue weighted by atomic mass is 10.1. The fourth-order valence-electron chi connectivity index (χ4n) is 2.04. The fraction of sp³-hybridized carbons (Fsp3) is 0.0667. The highest BCUT2D eigenvalue weighted by Crippen LogP contribution is 2.29. The van der Waals surface area contributed by atoms with E-state index in [1.165, 1.54) is 0 Å². The van der Waals surface area contributed by atoms with Crippen LogP contribution < -0.4 is 10.2 Å². The van der Waals surface area contributed by atoms with Crippen LogP contribution in [0.2, 0.25) is 0 Å². The van der Waals surface area contributed by atoms with Crippen LogP contribution in [0.3, 0.4) is 0 Å². The van der Waals surface area contributed by atoms with E-state index < -0.39 is 17.6 Å². The lowest BCUT2D eigenvalue weighted by Gasteiger charge is -2.08. The van der Waals surface area contributed by atoms with E-state index in [2.05, 4.69) is 10.3 Å². The standard InChI is InChI=1S/C15H9F3N2O2S/c16-15(17,18)9-3-1-8(2-4-9)13(21)19-10-5-6-11-12(7-10)23-14(22)20-11/h1-7H,(H,19,21)(H,20,22). The number of hydrogen-bond acceptors (Lipinski definition) is 3. The van der Waals surface area contributed by atoms with Gasteiger partial charge in [0.25, 0.3) is 5.91 Å². The van der Waals surface area contributed by atoms with E-state index >= 15 is 0 Å². The number of halogens is 3. The Bertz CT molecular complexity index is 926. The van der Waals surface area contributed by atoms with Gasteiger partial charge in [0.2, 0.25) is 0 Å². The Hall–Kier alpha value is -2.61. The van der Waals surface area contributed by atoms with E-state index in [1.807, 2.05) is 0 Å². The molecule has 8 heteroatoms. The minimum Gasteiger partial charge on any atom is -0.322 e. The van der Waals surface area contributed by atoms with Crippen LogP contribution in [0.25, 0.3) is 10.2 Å². The minimum atomic E-state index is -4.44. The van der Waals surface area contributed by atoms with E-state index in [1.54, 1.807) is 18.2 Å². The van der Waals surface area contributed by atoms with Crippen molar-refractivity contribution in [3.8, 4) is 0 Å². The fourth-order valence-corrected chi connectivity index (χ4v) is 2.81. The smallest absolute Gasteiger partial charge is 0.322 e. The molecular formula is C15H9F3N2O2S. The predicted octanol–water partition coefficient (Wildman–Crippen LogP) is 3.86. The second-order valence-electron chi connectivity index (χ2n) is 4.75. The molecule has 4 nitrogen and oxygen atoms in total.